The summed E-state index contributed by atoms with van der Waals surface area (Å²) in [6.07, 6.45) is 0.798. The zero-order chi connectivity index (χ0) is 9.40. The molecule has 0 heterocycles. The van der Waals surface area contributed by atoms with E-state index >= 15 is 0 Å². The Bertz CT molecular complexity index is 152. The van der Waals surface area contributed by atoms with Gasteiger partial charge < -0.3 is 15.2 Å². The second kappa shape index (κ2) is 7.12. The van der Waals surface area contributed by atoms with Crippen LogP contribution in [0.2, 0.25) is 0 Å². The first kappa shape index (κ1) is 11.4. The quantitative estimate of drug-likeness (QED) is 0.435. The molecule has 0 spiro atoms. The summed E-state index contributed by atoms with van der Waals surface area (Å²) in [6.45, 7) is 1.30. The summed E-state index contributed by atoms with van der Waals surface area (Å²) < 4.78 is 0. The molecule has 70 valence electrons. The first-order valence-electron chi connectivity index (χ1n) is 3.60. The van der Waals surface area contributed by atoms with Gasteiger partial charge in [0, 0.05) is 18.4 Å². The first-order valence-corrected chi connectivity index (χ1v) is 4.75. The largest absolute Gasteiger partial charge is 0.394 e. The minimum atomic E-state index is -0.243. The Morgan fingerprint density at radius 1 is 1.75 bits per heavy atom. The molecule has 0 radical (unpaired) electrons. The van der Waals surface area contributed by atoms with E-state index in [2.05, 4.69) is 5.32 Å². The molecule has 0 saturated heterocycles. The van der Waals surface area contributed by atoms with Crippen LogP contribution < -0.4 is 5.32 Å². The molecule has 0 aromatic heterocycles. The molecule has 1 amide bonds. The predicted molar refractivity (Wildman–Crippen MR) is 48.1 cm³/mol. The lowest BCUT2D eigenvalue weighted by molar-refractivity contribution is -0.119. The molecule has 0 aliphatic rings. The Hall–Kier alpha value is -0.550. The van der Waals surface area contributed by atoms with E-state index in [0.29, 0.717) is 11.5 Å². The number of nitrogens with one attached hydrogen (secondary N) is 1. The third kappa shape index (κ3) is 6.18. The van der Waals surface area contributed by atoms with Crippen molar-refractivity contribution in [3.8, 4) is 0 Å². The Kier molecular flexibility index (Phi) is 6.79. The predicted octanol–water partition coefficient (Wildman–Crippen LogP) is -0.585. The van der Waals surface area contributed by atoms with E-state index in [0.717, 1.165) is 6.29 Å². The van der Waals surface area contributed by atoms with Crippen molar-refractivity contribution in [2.75, 3.05) is 18.1 Å². The maximum atomic E-state index is 10.5. The average molecular weight is 191 g/mol. The third-order valence-corrected chi connectivity index (χ3v) is 2.14. The number of amides is 1. The summed E-state index contributed by atoms with van der Waals surface area (Å²) in [5.74, 6) is 0.797. The van der Waals surface area contributed by atoms with Crippen molar-refractivity contribution >= 4 is 24.0 Å². The molecule has 0 fully saturated rings. The van der Waals surface area contributed by atoms with Gasteiger partial charge in [0.1, 0.15) is 6.29 Å². The highest BCUT2D eigenvalue weighted by atomic mass is 32.2. The normalized spacial score (nSPS) is 12.2. The van der Waals surface area contributed by atoms with Crippen LogP contribution in [-0.2, 0) is 9.59 Å². The third-order valence-electron chi connectivity index (χ3n) is 1.13. The van der Waals surface area contributed by atoms with Crippen LogP contribution >= 0.6 is 11.8 Å². The molecule has 0 aromatic rings. The van der Waals surface area contributed by atoms with Crippen molar-refractivity contribution < 1.29 is 14.7 Å². The molecule has 1 atom stereocenters. The highest BCUT2D eigenvalue weighted by molar-refractivity contribution is 7.99. The minimum absolute atomic E-state index is 0.0918. The van der Waals surface area contributed by atoms with Gasteiger partial charge in [-0.05, 0) is 0 Å². The number of hydrogen-bond donors (Lipinski definition) is 2. The van der Waals surface area contributed by atoms with Crippen molar-refractivity contribution in [3.05, 3.63) is 0 Å². The number of aliphatic hydroxyl groups is 1. The van der Waals surface area contributed by atoms with Crippen molar-refractivity contribution in [2.45, 2.75) is 13.0 Å². The summed E-state index contributed by atoms with van der Waals surface area (Å²) in [5, 5.41) is 11.3. The van der Waals surface area contributed by atoms with Crippen LogP contribution in [0.25, 0.3) is 0 Å². The van der Waals surface area contributed by atoms with Gasteiger partial charge in [-0.2, -0.15) is 11.8 Å². The monoisotopic (exact) mass is 191 g/mol. The molecule has 2 N–H and O–H groups in total. The van der Waals surface area contributed by atoms with Gasteiger partial charge in [0.2, 0.25) is 5.91 Å². The lowest BCUT2D eigenvalue weighted by atomic mass is 10.3. The van der Waals surface area contributed by atoms with Crippen molar-refractivity contribution in [1.82, 2.24) is 5.32 Å². The van der Waals surface area contributed by atoms with Crippen LogP contribution in [0.5, 0.6) is 0 Å². The Balaban J connectivity index is 3.52. The van der Waals surface area contributed by atoms with Crippen LogP contribution in [0.15, 0.2) is 0 Å². The summed E-state index contributed by atoms with van der Waals surface area (Å²) in [7, 11) is 0. The van der Waals surface area contributed by atoms with E-state index in [1.807, 2.05) is 0 Å². The highest BCUT2D eigenvalue weighted by Gasteiger charge is 2.07. The minimum Gasteiger partial charge on any atom is -0.394 e. The standard InChI is InChI=1S/C7H13NO3S/c1-6(11)8-7(4-10)5-12-3-2-9/h2,7,10H,3-5H2,1H3,(H,8,11). The number of aliphatic hydroxyl groups excluding tert-OH is 1. The smallest absolute Gasteiger partial charge is 0.217 e. The van der Waals surface area contributed by atoms with Crippen LogP contribution in [-0.4, -0.2) is 41.5 Å². The zero-order valence-corrected chi connectivity index (χ0v) is 7.76. The molecule has 1 unspecified atom stereocenters. The second-order valence-corrected chi connectivity index (χ2v) is 3.36. The van der Waals surface area contributed by atoms with Gasteiger partial charge in [0.15, 0.2) is 0 Å². The van der Waals surface area contributed by atoms with Gasteiger partial charge in [0.25, 0.3) is 0 Å². The highest BCUT2D eigenvalue weighted by Crippen LogP contribution is 2.00. The molecule has 0 aromatic carbocycles. The molecule has 0 saturated carbocycles. The zero-order valence-electron chi connectivity index (χ0n) is 6.95. The van der Waals surface area contributed by atoms with E-state index in [1.54, 1.807) is 0 Å². The van der Waals surface area contributed by atoms with Gasteiger partial charge >= 0.3 is 0 Å². The number of carbonyl (C=O) groups excluding carboxylic acids is 2. The average Bonchev–Trinajstić information content (AvgIpc) is 2.02. The topological polar surface area (TPSA) is 66.4 Å². The van der Waals surface area contributed by atoms with E-state index in [9.17, 15) is 9.59 Å². The van der Waals surface area contributed by atoms with Gasteiger partial charge in [-0.1, -0.05) is 0 Å². The number of aldehydes is 1. The molecule has 4 nitrogen and oxygen atoms in total. The van der Waals surface area contributed by atoms with Gasteiger partial charge in [-0.15, -0.1) is 0 Å². The van der Waals surface area contributed by atoms with Crippen LogP contribution in [0.1, 0.15) is 6.92 Å². The number of thioether (sulfide) groups is 1. The van der Waals surface area contributed by atoms with E-state index in [4.69, 9.17) is 5.11 Å². The molecular formula is C7H13NO3S. The van der Waals surface area contributed by atoms with Crippen molar-refractivity contribution in [3.63, 3.8) is 0 Å². The molecular weight excluding hydrogens is 178 g/mol. The summed E-state index contributed by atoms with van der Waals surface area (Å²) in [4.78, 5) is 20.5. The Morgan fingerprint density at radius 2 is 2.42 bits per heavy atom. The van der Waals surface area contributed by atoms with E-state index in [-0.39, 0.29) is 18.6 Å². The van der Waals surface area contributed by atoms with Crippen molar-refractivity contribution in [1.29, 1.82) is 0 Å². The summed E-state index contributed by atoms with van der Waals surface area (Å²) >= 11 is 1.39. The SMILES string of the molecule is CC(=O)NC(CO)CSCC=O. The van der Waals surface area contributed by atoms with Crippen LogP contribution in [0.4, 0.5) is 0 Å². The molecule has 0 aliphatic carbocycles. The van der Waals surface area contributed by atoms with E-state index < -0.39 is 0 Å². The second-order valence-electron chi connectivity index (χ2n) is 2.28. The molecule has 12 heavy (non-hydrogen) atoms. The van der Waals surface area contributed by atoms with Crippen LogP contribution in [0.3, 0.4) is 0 Å². The summed E-state index contributed by atoms with van der Waals surface area (Å²) in [5.41, 5.74) is 0. The lowest BCUT2D eigenvalue weighted by Gasteiger charge is -2.13. The number of rotatable bonds is 6. The fraction of sp³-hybridized carbons (Fsp3) is 0.714. The Morgan fingerprint density at radius 3 is 2.83 bits per heavy atom. The van der Waals surface area contributed by atoms with Crippen LogP contribution in [0, 0.1) is 0 Å². The maximum Gasteiger partial charge on any atom is 0.217 e. The maximum absolute atomic E-state index is 10.5. The van der Waals surface area contributed by atoms with Gasteiger partial charge in [-0.3, -0.25) is 4.79 Å². The molecule has 0 bridgehead atoms. The molecule has 0 aliphatic heterocycles. The molecule has 0 rings (SSSR count). The number of carbonyl (C=O) groups is 2. The van der Waals surface area contributed by atoms with Crippen molar-refractivity contribution in [2.24, 2.45) is 0 Å². The molecule has 5 heteroatoms. The van der Waals surface area contributed by atoms with Gasteiger partial charge in [0.05, 0.1) is 12.6 Å². The first-order chi connectivity index (χ1) is 5.70. The lowest BCUT2D eigenvalue weighted by Crippen LogP contribution is -2.37. The summed E-state index contributed by atoms with van der Waals surface area (Å²) in [6, 6.07) is -0.243. The number of hydrogen-bond acceptors (Lipinski definition) is 4. The fourth-order valence-electron chi connectivity index (χ4n) is 0.686. The Labute approximate surface area is 75.7 Å². The van der Waals surface area contributed by atoms with Gasteiger partial charge in [-0.25, -0.2) is 0 Å². The van der Waals surface area contributed by atoms with E-state index in [1.165, 1.54) is 18.7 Å². The fourth-order valence-corrected chi connectivity index (χ4v) is 1.39.